The quantitative estimate of drug-likeness (QED) is 0.0379. The summed E-state index contributed by atoms with van der Waals surface area (Å²) in [5, 5.41) is 39.8. The summed E-state index contributed by atoms with van der Waals surface area (Å²) < 4.78 is 22.6. The lowest BCUT2D eigenvalue weighted by Crippen LogP contribution is -2.59. The van der Waals surface area contributed by atoms with E-state index in [9.17, 15) is 25.2 Å². The molecule has 1 heterocycles. The highest BCUT2D eigenvalue weighted by Gasteiger charge is 2.44. The Bertz CT molecular complexity index is 757. The number of unbranched alkanes of at least 4 members (excludes halogenated alkanes) is 15. The van der Waals surface area contributed by atoms with Gasteiger partial charge in [0.25, 0.3) is 0 Å². The van der Waals surface area contributed by atoms with Crippen molar-refractivity contribution in [2.24, 2.45) is 0 Å². The molecule has 0 spiro atoms. The van der Waals surface area contributed by atoms with Crippen LogP contribution in [0.5, 0.6) is 0 Å². The van der Waals surface area contributed by atoms with E-state index in [-0.39, 0.29) is 19.2 Å². The number of carbonyl (C=O) groups is 1. The van der Waals surface area contributed by atoms with E-state index in [1.807, 2.05) is 0 Å². The summed E-state index contributed by atoms with van der Waals surface area (Å²) in [5.41, 5.74) is 0. The van der Waals surface area contributed by atoms with Gasteiger partial charge >= 0.3 is 5.97 Å². The summed E-state index contributed by atoms with van der Waals surface area (Å²) in [5.74, 6) is -0.330. The molecule has 0 aromatic heterocycles. The van der Waals surface area contributed by atoms with Gasteiger partial charge in [-0.15, -0.1) is 0 Å². The first kappa shape index (κ1) is 42.7. The summed E-state index contributed by atoms with van der Waals surface area (Å²) in [4.78, 5) is 12.6. The third-order valence-electron chi connectivity index (χ3n) is 8.37. The molecular formula is C37H68O9. The number of hydrogen-bond donors (Lipinski definition) is 4. The molecule has 9 heteroatoms. The molecule has 1 saturated heterocycles. The molecule has 0 aromatic rings. The van der Waals surface area contributed by atoms with Gasteiger partial charge in [0.05, 0.1) is 19.8 Å². The van der Waals surface area contributed by atoms with Crippen molar-refractivity contribution in [1.82, 2.24) is 0 Å². The fourth-order valence-electron chi connectivity index (χ4n) is 5.39. The fraction of sp³-hybridized carbons (Fsp3) is 0.865. The maximum absolute atomic E-state index is 12.6. The van der Waals surface area contributed by atoms with Gasteiger partial charge in [-0.1, -0.05) is 122 Å². The van der Waals surface area contributed by atoms with Crippen molar-refractivity contribution >= 4 is 5.97 Å². The van der Waals surface area contributed by atoms with E-state index in [2.05, 4.69) is 38.2 Å². The van der Waals surface area contributed by atoms with Crippen LogP contribution in [0.2, 0.25) is 0 Å². The number of aliphatic hydroxyl groups is 4. The molecule has 0 bridgehead atoms. The third kappa shape index (κ3) is 21.5. The zero-order valence-electron chi connectivity index (χ0n) is 29.1. The van der Waals surface area contributed by atoms with Crippen LogP contribution in [0, 0.1) is 0 Å². The van der Waals surface area contributed by atoms with Crippen LogP contribution in [0.4, 0.5) is 0 Å². The second kappa shape index (κ2) is 29.8. The lowest BCUT2D eigenvalue weighted by atomic mass is 9.99. The molecule has 0 aliphatic carbocycles. The topological polar surface area (TPSA) is 135 Å². The van der Waals surface area contributed by atoms with Crippen LogP contribution in [0.3, 0.4) is 0 Å². The highest BCUT2D eigenvalue weighted by atomic mass is 16.7. The Hall–Kier alpha value is -1.33. The Labute approximate surface area is 279 Å². The fourth-order valence-corrected chi connectivity index (χ4v) is 5.39. The van der Waals surface area contributed by atoms with Crippen LogP contribution < -0.4 is 0 Å². The van der Waals surface area contributed by atoms with Crippen LogP contribution in [0.25, 0.3) is 0 Å². The van der Waals surface area contributed by atoms with Crippen molar-refractivity contribution in [3.05, 3.63) is 24.3 Å². The minimum atomic E-state index is -1.53. The molecule has 0 radical (unpaired) electrons. The minimum absolute atomic E-state index is 0.117. The molecule has 0 saturated carbocycles. The van der Waals surface area contributed by atoms with Crippen LogP contribution in [-0.2, 0) is 23.7 Å². The van der Waals surface area contributed by atoms with Gasteiger partial charge in [0, 0.05) is 13.0 Å². The van der Waals surface area contributed by atoms with Crippen LogP contribution in [0.1, 0.15) is 142 Å². The molecule has 6 atom stereocenters. The number of allylic oxidation sites excluding steroid dienone is 4. The van der Waals surface area contributed by atoms with Gasteiger partial charge in [-0.3, -0.25) is 4.79 Å². The standard InChI is InChI=1S/C37H68O9/c1-3-5-7-9-11-13-14-15-16-17-18-20-22-24-26-33(39)45-31(29-43-27-25-23-21-19-12-10-8-6-4-2)30-44-37-36(42)35(41)34(40)32(28-38)46-37/h9,11,14-15,31-32,34-38,40-42H,3-8,10,12-13,16-30H2,1-2H3/b11-9-,15-14-. The van der Waals surface area contributed by atoms with Gasteiger partial charge in [0.1, 0.15) is 30.5 Å². The first-order valence-electron chi connectivity index (χ1n) is 18.4. The van der Waals surface area contributed by atoms with Crippen molar-refractivity contribution in [3.8, 4) is 0 Å². The highest BCUT2D eigenvalue weighted by Crippen LogP contribution is 2.22. The Balaban J connectivity index is 2.35. The molecule has 6 unspecified atom stereocenters. The summed E-state index contributed by atoms with van der Waals surface area (Å²) in [7, 11) is 0. The van der Waals surface area contributed by atoms with E-state index in [0.29, 0.717) is 13.0 Å². The molecule has 4 N–H and O–H groups in total. The molecule has 0 aromatic carbocycles. The third-order valence-corrected chi connectivity index (χ3v) is 8.37. The van der Waals surface area contributed by atoms with Crippen LogP contribution >= 0.6 is 0 Å². The van der Waals surface area contributed by atoms with E-state index in [0.717, 1.165) is 57.8 Å². The zero-order valence-corrected chi connectivity index (χ0v) is 29.1. The first-order chi connectivity index (χ1) is 22.4. The number of aliphatic hydroxyl groups excluding tert-OH is 4. The summed E-state index contributed by atoms with van der Waals surface area (Å²) in [6, 6.07) is 0. The van der Waals surface area contributed by atoms with Crippen molar-refractivity contribution in [2.75, 3.05) is 26.4 Å². The highest BCUT2D eigenvalue weighted by molar-refractivity contribution is 5.69. The molecule has 46 heavy (non-hydrogen) atoms. The number of rotatable bonds is 30. The van der Waals surface area contributed by atoms with Crippen molar-refractivity contribution in [3.63, 3.8) is 0 Å². The SMILES string of the molecule is CCCC/C=C\C/C=C\CCCCCCCC(=O)OC(COCCCCCCCCCCC)COC1OC(CO)C(O)C(O)C1O. The lowest BCUT2D eigenvalue weighted by Gasteiger charge is -2.39. The van der Waals surface area contributed by atoms with Gasteiger partial charge < -0.3 is 39.4 Å². The van der Waals surface area contributed by atoms with Crippen molar-refractivity contribution < 1.29 is 44.2 Å². The summed E-state index contributed by atoms with van der Waals surface area (Å²) in [6.07, 6.45) is 23.4. The lowest BCUT2D eigenvalue weighted by molar-refractivity contribution is -0.305. The van der Waals surface area contributed by atoms with E-state index in [4.69, 9.17) is 18.9 Å². The van der Waals surface area contributed by atoms with Gasteiger partial charge in [0.15, 0.2) is 6.29 Å². The first-order valence-corrected chi connectivity index (χ1v) is 18.4. The van der Waals surface area contributed by atoms with Crippen molar-refractivity contribution in [1.29, 1.82) is 0 Å². The second-order valence-corrected chi connectivity index (χ2v) is 12.7. The van der Waals surface area contributed by atoms with E-state index >= 15 is 0 Å². The predicted molar refractivity (Wildman–Crippen MR) is 182 cm³/mol. The molecule has 1 rings (SSSR count). The Morgan fingerprint density at radius 2 is 1.28 bits per heavy atom. The van der Waals surface area contributed by atoms with Crippen molar-refractivity contribution in [2.45, 2.75) is 179 Å². The van der Waals surface area contributed by atoms with Gasteiger partial charge in [-0.05, 0) is 38.5 Å². The summed E-state index contributed by atoms with van der Waals surface area (Å²) in [6.45, 7) is 4.47. The van der Waals surface area contributed by atoms with Crippen LogP contribution in [0.15, 0.2) is 24.3 Å². The molecule has 270 valence electrons. The number of hydrogen-bond acceptors (Lipinski definition) is 9. The van der Waals surface area contributed by atoms with Gasteiger partial charge in [-0.25, -0.2) is 0 Å². The van der Waals surface area contributed by atoms with E-state index in [1.54, 1.807) is 0 Å². The zero-order chi connectivity index (χ0) is 33.7. The molecule has 1 aliphatic heterocycles. The normalized spacial score (nSPS) is 22.6. The Morgan fingerprint density at radius 1 is 0.696 bits per heavy atom. The number of carbonyl (C=O) groups excluding carboxylic acids is 1. The van der Waals surface area contributed by atoms with E-state index in [1.165, 1.54) is 64.2 Å². The molecular weight excluding hydrogens is 588 g/mol. The minimum Gasteiger partial charge on any atom is -0.457 e. The smallest absolute Gasteiger partial charge is 0.306 e. The number of esters is 1. The predicted octanol–water partition coefficient (Wildman–Crippen LogP) is 6.69. The Kier molecular flexibility index (Phi) is 27.6. The van der Waals surface area contributed by atoms with Crippen LogP contribution in [-0.4, -0.2) is 89.6 Å². The largest absolute Gasteiger partial charge is 0.457 e. The average Bonchev–Trinajstić information content (AvgIpc) is 3.05. The second-order valence-electron chi connectivity index (χ2n) is 12.7. The monoisotopic (exact) mass is 656 g/mol. The average molecular weight is 657 g/mol. The molecule has 9 nitrogen and oxygen atoms in total. The molecule has 0 amide bonds. The van der Waals surface area contributed by atoms with E-state index < -0.39 is 43.4 Å². The molecule has 1 aliphatic rings. The van der Waals surface area contributed by atoms with Gasteiger partial charge in [-0.2, -0.15) is 0 Å². The molecule has 1 fully saturated rings. The van der Waals surface area contributed by atoms with Gasteiger partial charge in [0.2, 0.25) is 0 Å². The number of ether oxygens (including phenoxy) is 4. The Morgan fingerprint density at radius 3 is 1.93 bits per heavy atom. The maximum atomic E-state index is 12.6. The summed E-state index contributed by atoms with van der Waals surface area (Å²) >= 11 is 0. The maximum Gasteiger partial charge on any atom is 0.306 e.